The number of aromatic carboxylic acids is 1. The van der Waals surface area contributed by atoms with Gasteiger partial charge in [0.15, 0.2) is 0 Å². The SMILES string of the molecule is COP(OC)C(O)(CCCNc1cc2c(cc1F)c(=O)c(C(=O)O)cn2C)P(OC)OC. The highest BCUT2D eigenvalue weighted by atomic mass is 31.2. The monoisotopic (exact) mass is 492 g/mol. The molecule has 1 heterocycles. The molecule has 0 saturated heterocycles. The van der Waals surface area contributed by atoms with Gasteiger partial charge in [-0.15, -0.1) is 0 Å². The standard InChI is InChI=1S/C19H27FN2O8P2/c1-22-11-13(18(24)25)17(23)12-9-14(20)15(10-16(12)22)21-8-6-7-19(26,31(27-2)28-3)32(29-4)30-5/h9-11,21,26H,6-8H2,1-5H3,(H,24,25). The summed E-state index contributed by atoms with van der Waals surface area (Å²) in [6.45, 7) is 0.277. The van der Waals surface area contributed by atoms with Crippen LogP contribution in [0.4, 0.5) is 10.1 Å². The molecule has 0 fully saturated rings. The van der Waals surface area contributed by atoms with Crippen molar-refractivity contribution in [3.05, 3.63) is 39.9 Å². The largest absolute Gasteiger partial charge is 0.477 e. The van der Waals surface area contributed by atoms with Gasteiger partial charge in [0.05, 0.1) is 11.2 Å². The quantitative estimate of drug-likeness (QED) is 0.302. The van der Waals surface area contributed by atoms with Crippen LogP contribution in [0.3, 0.4) is 0 Å². The number of rotatable bonds is 12. The number of aliphatic hydroxyl groups is 1. The summed E-state index contributed by atoms with van der Waals surface area (Å²) in [4.78, 5) is 23.6. The second-order valence-corrected chi connectivity index (χ2v) is 11.0. The first-order valence-corrected chi connectivity index (χ1v) is 11.8. The van der Waals surface area contributed by atoms with Gasteiger partial charge in [0, 0.05) is 53.6 Å². The Morgan fingerprint density at radius 2 is 1.72 bits per heavy atom. The highest BCUT2D eigenvalue weighted by Gasteiger charge is 2.48. The van der Waals surface area contributed by atoms with Gasteiger partial charge in [0.1, 0.15) is 11.4 Å². The predicted octanol–water partition coefficient (Wildman–Crippen LogP) is 3.42. The Hall–Kier alpha value is -1.71. The summed E-state index contributed by atoms with van der Waals surface area (Å²) in [6, 6.07) is 2.46. The number of carboxylic acids is 1. The number of carbonyl (C=O) groups is 1. The highest BCUT2D eigenvalue weighted by Crippen LogP contribution is 2.68. The molecule has 1 aromatic carbocycles. The summed E-state index contributed by atoms with van der Waals surface area (Å²) in [6.07, 6.45) is 1.78. The van der Waals surface area contributed by atoms with E-state index in [2.05, 4.69) is 5.32 Å². The molecule has 0 amide bonds. The van der Waals surface area contributed by atoms with Crippen molar-refractivity contribution in [1.29, 1.82) is 0 Å². The number of anilines is 1. The fraction of sp³-hybridized carbons (Fsp3) is 0.474. The van der Waals surface area contributed by atoms with Crippen molar-refractivity contribution in [3.63, 3.8) is 0 Å². The summed E-state index contributed by atoms with van der Waals surface area (Å²) in [5.41, 5.74) is -0.661. The van der Waals surface area contributed by atoms with Crippen LogP contribution in [0.25, 0.3) is 10.9 Å². The number of fused-ring (bicyclic) bond motifs is 1. The lowest BCUT2D eigenvalue weighted by molar-refractivity contribution is 0.0695. The van der Waals surface area contributed by atoms with Crippen molar-refractivity contribution in [3.8, 4) is 0 Å². The smallest absolute Gasteiger partial charge is 0.341 e. The van der Waals surface area contributed by atoms with Gasteiger partial charge in [-0.25, -0.2) is 9.18 Å². The molecule has 2 aromatic rings. The van der Waals surface area contributed by atoms with E-state index in [1.807, 2.05) is 0 Å². The van der Waals surface area contributed by atoms with Crippen LogP contribution in [0.15, 0.2) is 23.1 Å². The van der Waals surface area contributed by atoms with E-state index in [1.165, 1.54) is 45.3 Å². The van der Waals surface area contributed by atoms with Crippen LogP contribution < -0.4 is 10.7 Å². The molecule has 0 atom stereocenters. The molecule has 0 bridgehead atoms. The average molecular weight is 492 g/mol. The third-order valence-electron chi connectivity index (χ3n) is 4.76. The lowest BCUT2D eigenvalue weighted by Gasteiger charge is -2.36. The normalized spacial score (nSPS) is 12.2. The zero-order valence-electron chi connectivity index (χ0n) is 18.4. The van der Waals surface area contributed by atoms with E-state index in [-0.39, 0.29) is 24.0 Å². The van der Waals surface area contributed by atoms with Gasteiger partial charge in [0.25, 0.3) is 0 Å². The van der Waals surface area contributed by atoms with Gasteiger partial charge < -0.3 is 38.2 Å². The number of carboxylic acid groups (broad SMARTS) is 1. The van der Waals surface area contributed by atoms with Crippen LogP contribution >= 0.6 is 16.8 Å². The van der Waals surface area contributed by atoms with Crippen molar-refractivity contribution >= 4 is 39.3 Å². The summed E-state index contributed by atoms with van der Waals surface area (Å²) in [7, 11) is 3.80. The van der Waals surface area contributed by atoms with Crippen LogP contribution in [0.2, 0.25) is 0 Å². The molecule has 32 heavy (non-hydrogen) atoms. The Kier molecular flexibility index (Phi) is 9.48. The number of hydrogen-bond donors (Lipinski definition) is 3. The van der Waals surface area contributed by atoms with Gasteiger partial charge in [0.2, 0.25) is 27.3 Å². The number of nitrogens with one attached hydrogen (secondary N) is 1. The Morgan fingerprint density at radius 3 is 2.22 bits per heavy atom. The second-order valence-electron chi connectivity index (χ2n) is 6.69. The number of benzene rings is 1. The van der Waals surface area contributed by atoms with Gasteiger partial charge in [-0.05, 0) is 25.0 Å². The fourth-order valence-electron chi connectivity index (χ4n) is 3.32. The van der Waals surface area contributed by atoms with Crippen LogP contribution in [0, 0.1) is 5.82 Å². The van der Waals surface area contributed by atoms with E-state index in [0.29, 0.717) is 11.9 Å². The van der Waals surface area contributed by atoms with Crippen LogP contribution in [0.1, 0.15) is 23.2 Å². The van der Waals surface area contributed by atoms with Crippen molar-refractivity contribution < 1.29 is 37.5 Å². The zero-order valence-corrected chi connectivity index (χ0v) is 20.2. The Balaban J connectivity index is 2.21. The predicted molar refractivity (Wildman–Crippen MR) is 121 cm³/mol. The fourth-order valence-corrected chi connectivity index (χ4v) is 6.98. The van der Waals surface area contributed by atoms with E-state index in [1.54, 1.807) is 7.05 Å². The molecule has 0 saturated carbocycles. The van der Waals surface area contributed by atoms with Crippen molar-refractivity contribution in [2.75, 3.05) is 40.3 Å². The van der Waals surface area contributed by atoms with Gasteiger partial charge >= 0.3 is 5.97 Å². The Bertz CT molecular complexity index is 999. The topological polar surface area (TPSA) is 128 Å². The molecule has 0 aliphatic rings. The van der Waals surface area contributed by atoms with Gasteiger partial charge in [-0.2, -0.15) is 0 Å². The van der Waals surface area contributed by atoms with Crippen molar-refractivity contribution in [1.82, 2.24) is 4.57 Å². The maximum Gasteiger partial charge on any atom is 0.341 e. The third-order valence-corrected chi connectivity index (χ3v) is 8.68. The van der Waals surface area contributed by atoms with Crippen LogP contribution in [-0.4, -0.2) is 60.8 Å². The molecule has 13 heteroatoms. The molecule has 0 spiro atoms. The molecule has 1 aromatic heterocycles. The zero-order chi connectivity index (χ0) is 24.1. The maximum atomic E-state index is 14.6. The van der Waals surface area contributed by atoms with E-state index < -0.39 is 44.6 Å². The lowest BCUT2D eigenvalue weighted by Crippen LogP contribution is -2.27. The minimum atomic E-state index is -1.72. The number of nitrogens with zero attached hydrogens (tertiary/aromatic N) is 1. The second kappa shape index (κ2) is 11.4. The summed E-state index contributed by atoms with van der Waals surface area (Å²) < 4.78 is 37.2. The number of halogens is 1. The summed E-state index contributed by atoms with van der Waals surface area (Å²) in [5.74, 6) is -2.07. The Labute approximate surface area is 187 Å². The summed E-state index contributed by atoms with van der Waals surface area (Å²) in [5, 5.41) is 21.7. The van der Waals surface area contributed by atoms with E-state index >= 15 is 0 Å². The number of aryl methyl sites for hydroxylation is 1. The molecule has 0 aliphatic heterocycles. The molecule has 10 nitrogen and oxygen atoms in total. The van der Waals surface area contributed by atoms with Crippen molar-refractivity contribution in [2.45, 2.75) is 17.9 Å². The lowest BCUT2D eigenvalue weighted by atomic mass is 10.1. The summed E-state index contributed by atoms with van der Waals surface area (Å²) >= 11 is 0. The minimum absolute atomic E-state index is 0.0264. The minimum Gasteiger partial charge on any atom is -0.477 e. The molecule has 0 aliphatic carbocycles. The molecule has 178 valence electrons. The molecular formula is C19H27FN2O8P2. The van der Waals surface area contributed by atoms with Gasteiger partial charge in [-0.3, -0.25) is 4.79 Å². The highest BCUT2D eigenvalue weighted by molar-refractivity contribution is 7.67. The first kappa shape index (κ1) is 26.5. The Morgan fingerprint density at radius 1 is 1.16 bits per heavy atom. The molecule has 2 rings (SSSR count). The third kappa shape index (κ3) is 5.43. The molecule has 3 N–H and O–H groups in total. The van der Waals surface area contributed by atoms with Gasteiger partial charge in [-0.1, -0.05) is 0 Å². The molecule has 0 unspecified atom stereocenters. The van der Waals surface area contributed by atoms with Crippen molar-refractivity contribution in [2.24, 2.45) is 7.05 Å². The first-order valence-electron chi connectivity index (χ1n) is 9.43. The number of pyridine rings is 1. The van der Waals surface area contributed by atoms with E-state index in [0.717, 1.165) is 6.07 Å². The number of aromatic nitrogens is 1. The van der Waals surface area contributed by atoms with Crippen LogP contribution in [0.5, 0.6) is 0 Å². The van der Waals surface area contributed by atoms with E-state index in [4.69, 9.17) is 23.2 Å². The first-order chi connectivity index (χ1) is 15.1. The average Bonchev–Trinajstić information content (AvgIpc) is 2.75. The van der Waals surface area contributed by atoms with E-state index in [9.17, 15) is 19.1 Å². The number of hydrogen-bond acceptors (Lipinski definition) is 8. The molecule has 0 radical (unpaired) electrons. The molecular weight excluding hydrogens is 465 g/mol. The van der Waals surface area contributed by atoms with Crippen LogP contribution in [-0.2, 0) is 25.1 Å². The maximum absolute atomic E-state index is 14.6.